The standard InChI is InChI=1S/C24H28N4O3S/c1-19-11-12-21(16-23(19)32(30,31)27-13-7-2-3-8-14-27)26-24(29)15-20-17-25-28(18-20)22-9-5-4-6-10-22/h4-6,9-12,16-18H,2-3,7-8,13-15H2,1H3,(H,26,29). The summed E-state index contributed by atoms with van der Waals surface area (Å²) in [7, 11) is -3.59. The maximum atomic E-state index is 13.2. The number of nitrogens with zero attached hydrogens (tertiary/aromatic N) is 3. The molecule has 0 spiro atoms. The number of anilines is 1. The van der Waals surface area contributed by atoms with Crippen molar-refractivity contribution in [3.63, 3.8) is 0 Å². The Labute approximate surface area is 189 Å². The molecule has 2 aromatic carbocycles. The fourth-order valence-electron chi connectivity index (χ4n) is 3.94. The summed E-state index contributed by atoms with van der Waals surface area (Å²) in [4.78, 5) is 12.9. The molecule has 168 valence electrons. The van der Waals surface area contributed by atoms with Crippen molar-refractivity contribution in [2.24, 2.45) is 0 Å². The molecule has 1 saturated heterocycles. The van der Waals surface area contributed by atoms with Crippen LogP contribution < -0.4 is 5.32 Å². The van der Waals surface area contributed by atoms with Crippen molar-refractivity contribution in [2.75, 3.05) is 18.4 Å². The van der Waals surface area contributed by atoms with Crippen molar-refractivity contribution in [1.82, 2.24) is 14.1 Å². The minimum atomic E-state index is -3.59. The van der Waals surface area contributed by atoms with Crippen LogP contribution in [0.15, 0.2) is 65.8 Å². The normalized spacial score (nSPS) is 15.3. The van der Waals surface area contributed by atoms with Crippen LogP contribution >= 0.6 is 0 Å². The first-order chi connectivity index (χ1) is 15.4. The second kappa shape index (κ2) is 9.67. The number of rotatable bonds is 6. The zero-order chi connectivity index (χ0) is 22.6. The molecule has 1 aliphatic heterocycles. The number of hydrogen-bond acceptors (Lipinski definition) is 4. The fraction of sp³-hybridized carbons (Fsp3) is 0.333. The first-order valence-electron chi connectivity index (χ1n) is 10.9. The number of para-hydroxylation sites is 1. The molecule has 1 fully saturated rings. The smallest absolute Gasteiger partial charge is 0.243 e. The van der Waals surface area contributed by atoms with Gasteiger partial charge in [0.15, 0.2) is 0 Å². The number of carbonyl (C=O) groups is 1. The maximum Gasteiger partial charge on any atom is 0.243 e. The lowest BCUT2D eigenvalue weighted by Gasteiger charge is -2.21. The summed E-state index contributed by atoms with van der Waals surface area (Å²) in [6.07, 6.45) is 7.51. The Morgan fingerprint density at radius 3 is 2.47 bits per heavy atom. The quantitative estimate of drug-likeness (QED) is 0.614. The Balaban J connectivity index is 1.47. The van der Waals surface area contributed by atoms with E-state index in [1.807, 2.05) is 36.5 Å². The van der Waals surface area contributed by atoms with Crippen LogP contribution in [0.2, 0.25) is 0 Å². The Bertz CT molecular complexity index is 1180. The first-order valence-corrected chi connectivity index (χ1v) is 12.4. The second-order valence-electron chi connectivity index (χ2n) is 8.15. The van der Waals surface area contributed by atoms with Crippen molar-refractivity contribution in [3.8, 4) is 5.69 Å². The molecule has 3 aromatic rings. The van der Waals surface area contributed by atoms with Gasteiger partial charge in [-0.2, -0.15) is 9.40 Å². The Morgan fingerprint density at radius 1 is 1.03 bits per heavy atom. The molecule has 2 heterocycles. The largest absolute Gasteiger partial charge is 0.326 e. The van der Waals surface area contributed by atoms with E-state index in [4.69, 9.17) is 0 Å². The zero-order valence-corrected chi connectivity index (χ0v) is 19.0. The molecule has 7 nitrogen and oxygen atoms in total. The van der Waals surface area contributed by atoms with E-state index in [1.54, 1.807) is 40.3 Å². The van der Waals surface area contributed by atoms with Crippen LogP contribution in [0.5, 0.6) is 0 Å². The topological polar surface area (TPSA) is 84.3 Å². The lowest BCUT2D eigenvalue weighted by Crippen LogP contribution is -2.32. The highest BCUT2D eigenvalue weighted by Gasteiger charge is 2.27. The van der Waals surface area contributed by atoms with Gasteiger partial charge in [0, 0.05) is 25.0 Å². The molecule has 0 unspecified atom stereocenters. The van der Waals surface area contributed by atoms with Crippen molar-refractivity contribution in [2.45, 2.75) is 43.9 Å². The van der Waals surface area contributed by atoms with E-state index in [0.717, 1.165) is 36.9 Å². The summed E-state index contributed by atoms with van der Waals surface area (Å²) in [5.74, 6) is -0.223. The van der Waals surface area contributed by atoms with Gasteiger partial charge in [-0.1, -0.05) is 37.1 Å². The van der Waals surface area contributed by atoms with Gasteiger partial charge in [-0.25, -0.2) is 13.1 Å². The number of aromatic nitrogens is 2. The molecule has 1 aromatic heterocycles. The number of hydrogen-bond donors (Lipinski definition) is 1. The van der Waals surface area contributed by atoms with Crippen LogP contribution in [0.1, 0.15) is 36.8 Å². The molecule has 1 amide bonds. The molecular formula is C24H28N4O3S. The predicted octanol–water partition coefficient (Wildman–Crippen LogP) is 3.93. The van der Waals surface area contributed by atoms with Crippen molar-refractivity contribution < 1.29 is 13.2 Å². The number of nitrogens with one attached hydrogen (secondary N) is 1. The van der Waals surface area contributed by atoms with Gasteiger partial charge in [0.05, 0.1) is 23.2 Å². The molecule has 32 heavy (non-hydrogen) atoms. The summed E-state index contributed by atoms with van der Waals surface area (Å²) in [5.41, 5.74) is 2.85. The van der Waals surface area contributed by atoms with E-state index < -0.39 is 10.0 Å². The summed E-state index contributed by atoms with van der Waals surface area (Å²) in [6.45, 7) is 2.88. The van der Waals surface area contributed by atoms with E-state index in [9.17, 15) is 13.2 Å². The van der Waals surface area contributed by atoms with Gasteiger partial charge in [-0.05, 0) is 55.2 Å². The van der Waals surface area contributed by atoms with E-state index >= 15 is 0 Å². The Kier molecular flexibility index (Phi) is 6.72. The van der Waals surface area contributed by atoms with Crippen LogP contribution in [-0.2, 0) is 21.2 Å². The van der Waals surface area contributed by atoms with Gasteiger partial charge >= 0.3 is 0 Å². The molecule has 1 aliphatic rings. The lowest BCUT2D eigenvalue weighted by atomic mass is 10.2. The molecule has 0 saturated carbocycles. The molecule has 0 atom stereocenters. The predicted molar refractivity (Wildman–Crippen MR) is 124 cm³/mol. The summed E-state index contributed by atoms with van der Waals surface area (Å²) in [6, 6.07) is 14.7. The van der Waals surface area contributed by atoms with Crippen molar-refractivity contribution in [1.29, 1.82) is 0 Å². The SMILES string of the molecule is Cc1ccc(NC(=O)Cc2cnn(-c3ccccc3)c2)cc1S(=O)(=O)N1CCCCCC1. The van der Waals surface area contributed by atoms with Crippen LogP contribution in [-0.4, -0.2) is 41.5 Å². The number of benzene rings is 2. The van der Waals surface area contributed by atoms with Crippen LogP contribution in [0.4, 0.5) is 5.69 Å². The molecule has 0 aliphatic carbocycles. The first kappa shape index (κ1) is 22.2. The van der Waals surface area contributed by atoms with Crippen molar-refractivity contribution in [3.05, 3.63) is 72.1 Å². The van der Waals surface area contributed by atoms with Gasteiger partial charge in [0.2, 0.25) is 15.9 Å². The maximum absolute atomic E-state index is 13.2. The van der Waals surface area contributed by atoms with Gasteiger partial charge in [0.1, 0.15) is 0 Å². The highest BCUT2D eigenvalue weighted by Crippen LogP contribution is 2.26. The van der Waals surface area contributed by atoms with E-state index in [0.29, 0.717) is 24.3 Å². The molecule has 0 radical (unpaired) electrons. The van der Waals surface area contributed by atoms with Gasteiger partial charge < -0.3 is 5.32 Å². The average Bonchev–Trinajstić information content (AvgIpc) is 3.06. The molecular weight excluding hydrogens is 424 g/mol. The third-order valence-corrected chi connectivity index (χ3v) is 7.72. The van der Waals surface area contributed by atoms with Crippen LogP contribution in [0.3, 0.4) is 0 Å². The van der Waals surface area contributed by atoms with E-state index in [1.165, 1.54) is 0 Å². The summed E-state index contributed by atoms with van der Waals surface area (Å²) in [5, 5.41) is 7.15. The van der Waals surface area contributed by atoms with Crippen LogP contribution in [0, 0.1) is 6.92 Å². The summed E-state index contributed by atoms with van der Waals surface area (Å²) >= 11 is 0. The molecule has 1 N–H and O–H groups in total. The monoisotopic (exact) mass is 452 g/mol. The van der Waals surface area contributed by atoms with Crippen molar-refractivity contribution >= 4 is 21.6 Å². The second-order valence-corrected chi connectivity index (χ2v) is 10.1. The minimum absolute atomic E-state index is 0.148. The molecule has 8 heteroatoms. The molecule has 4 rings (SSSR count). The number of sulfonamides is 1. The average molecular weight is 453 g/mol. The van der Waals surface area contributed by atoms with Gasteiger partial charge in [0.25, 0.3) is 0 Å². The molecule has 0 bridgehead atoms. The minimum Gasteiger partial charge on any atom is -0.326 e. The fourth-order valence-corrected chi connectivity index (χ4v) is 5.71. The van der Waals surface area contributed by atoms with Gasteiger partial charge in [-0.15, -0.1) is 0 Å². The number of amides is 1. The third kappa shape index (κ3) is 5.08. The lowest BCUT2D eigenvalue weighted by molar-refractivity contribution is -0.115. The van der Waals surface area contributed by atoms with E-state index in [2.05, 4.69) is 10.4 Å². The van der Waals surface area contributed by atoms with E-state index in [-0.39, 0.29) is 17.2 Å². The Hall–Kier alpha value is -2.97. The van der Waals surface area contributed by atoms with Crippen LogP contribution in [0.25, 0.3) is 5.69 Å². The highest BCUT2D eigenvalue weighted by atomic mass is 32.2. The Morgan fingerprint density at radius 2 is 1.75 bits per heavy atom. The number of carbonyl (C=O) groups excluding carboxylic acids is 1. The number of aryl methyl sites for hydroxylation is 1. The highest BCUT2D eigenvalue weighted by molar-refractivity contribution is 7.89. The van der Waals surface area contributed by atoms with Gasteiger partial charge in [-0.3, -0.25) is 4.79 Å². The third-order valence-electron chi connectivity index (χ3n) is 5.68. The zero-order valence-electron chi connectivity index (χ0n) is 18.2. The summed E-state index contributed by atoms with van der Waals surface area (Å²) < 4.78 is 29.8.